The summed E-state index contributed by atoms with van der Waals surface area (Å²) in [6.45, 7) is 11.6. The summed E-state index contributed by atoms with van der Waals surface area (Å²) < 4.78 is 5.03. The minimum Gasteiger partial charge on any atom is -0.393 e. The molecule has 0 heterocycles. The molecule has 1 unspecified atom stereocenters. The van der Waals surface area contributed by atoms with Crippen molar-refractivity contribution in [2.45, 2.75) is 60.8 Å². The van der Waals surface area contributed by atoms with Crippen molar-refractivity contribution < 1.29 is 14.3 Å². The van der Waals surface area contributed by atoms with Crippen LogP contribution < -0.4 is 0 Å². The van der Waals surface area contributed by atoms with Crippen molar-refractivity contribution >= 4 is 11.9 Å². The van der Waals surface area contributed by atoms with E-state index in [-0.39, 0.29) is 23.8 Å². The Kier molecular flexibility index (Phi) is 6.43. The van der Waals surface area contributed by atoms with Gasteiger partial charge in [-0.1, -0.05) is 34.6 Å². The zero-order valence-electron chi connectivity index (χ0n) is 12.0. The molecule has 0 saturated heterocycles. The van der Waals surface area contributed by atoms with E-state index >= 15 is 0 Å². The van der Waals surface area contributed by atoms with Crippen LogP contribution in [0.5, 0.6) is 0 Å². The zero-order chi connectivity index (χ0) is 13.6. The Balaban J connectivity index is 4.63. The Morgan fingerprint density at radius 3 is 1.88 bits per heavy atom. The first-order valence-electron chi connectivity index (χ1n) is 6.58. The van der Waals surface area contributed by atoms with E-state index in [1.54, 1.807) is 0 Å². The standard InChI is InChI=1S/C14H26O3/c1-7-11(10(4)5)12(15)17-13(16)14(6,8-2)9-3/h10-11H,7-9H2,1-6H3. The third-order valence-corrected chi connectivity index (χ3v) is 3.79. The van der Waals surface area contributed by atoms with Crippen LogP contribution in [0.1, 0.15) is 60.8 Å². The number of carbonyl (C=O) groups excluding carboxylic acids is 2. The molecule has 0 rings (SSSR count). The first kappa shape index (κ1) is 16.1. The molecule has 0 N–H and O–H groups in total. The Bertz CT molecular complexity index is 265. The molecule has 0 spiro atoms. The second-order valence-electron chi connectivity index (χ2n) is 5.24. The molecule has 1 atom stereocenters. The quantitative estimate of drug-likeness (QED) is 0.528. The summed E-state index contributed by atoms with van der Waals surface area (Å²) in [6.07, 6.45) is 2.08. The summed E-state index contributed by atoms with van der Waals surface area (Å²) >= 11 is 0. The average Bonchev–Trinajstić information content (AvgIpc) is 2.28. The van der Waals surface area contributed by atoms with Gasteiger partial charge in [-0.15, -0.1) is 0 Å². The van der Waals surface area contributed by atoms with Gasteiger partial charge in [0.2, 0.25) is 0 Å². The highest BCUT2D eigenvalue weighted by Gasteiger charge is 2.34. The van der Waals surface area contributed by atoms with Crippen LogP contribution in [0.15, 0.2) is 0 Å². The Hall–Kier alpha value is -0.860. The van der Waals surface area contributed by atoms with Crippen LogP contribution in [-0.2, 0) is 14.3 Å². The molecule has 0 aliphatic heterocycles. The van der Waals surface area contributed by atoms with Gasteiger partial charge in [-0.05, 0) is 32.1 Å². The fourth-order valence-corrected chi connectivity index (χ4v) is 1.74. The number of rotatable bonds is 6. The van der Waals surface area contributed by atoms with Gasteiger partial charge < -0.3 is 4.74 Å². The first-order valence-corrected chi connectivity index (χ1v) is 6.58. The van der Waals surface area contributed by atoms with Gasteiger partial charge in [0, 0.05) is 0 Å². The highest BCUT2D eigenvalue weighted by Crippen LogP contribution is 2.28. The van der Waals surface area contributed by atoms with Crippen molar-refractivity contribution in [3.63, 3.8) is 0 Å². The normalized spacial score (nSPS) is 13.6. The molecule has 0 aliphatic carbocycles. The topological polar surface area (TPSA) is 43.4 Å². The van der Waals surface area contributed by atoms with Crippen LogP contribution in [0.25, 0.3) is 0 Å². The van der Waals surface area contributed by atoms with Crippen LogP contribution in [0, 0.1) is 17.3 Å². The van der Waals surface area contributed by atoms with Crippen molar-refractivity contribution in [2.24, 2.45) is 17.3 Å². The predicted molar refractivity (Wildman–Crippen MR) is 68.4 cm³/mol. The lowest BCUT2D eigenvalue weighted by Gasteiger charge is -2.25. The highest BCUT2D eigenvalue weighted by molar-refractivity contribution is 5.89. The van der Waals surface area contributed by atoms with Gasteiger partial charge in [0.25, 0.3) is 0 Å². The molecule has 3 heteroatoms. The summed E-state index contributed by atoms with van der Waals surface area (Å²) in [5.41, 5.74) is -0.537. The fourth-order valence-electron chi connectivity index (χ4n) is 1.74. The van der Waals surface area contributed by atoms with E-state index in [2.05, 4.69) is 0 Å². The Labute approximate surface area is 105 Å². The summed E-state index contributed by atoms with van der Waals surface area (Å²) in [6, 6.07) is 0. The second-order valence-corrected chi connectivity index (χ2v) is 5.24. The third kappa shape index (κ3) is 4.14. The van der Waals surface area contributed by atoms with Gasteiger partial charge in [0.1, 0.15) is 0 Å². The molecule has 0 aliphatic rings. The lowest BCUT2D eigenvalue weighted by Crippen LogP contribution is -2.33. The number of carbonyl (C=O) groups is 2. The minimum atomic E-state index is -0.537. The second kappa shape index (κ2) is 6.77. The summed E-state index contributed by atoms with van der Waals surface area (Å²) in [4.78, 5) is 23.8. The fraction of sp³-hybridized carbons (Fsp3) is 0.857. The smallest absolute Gasteiger partial charge is 0.319 e. The number of esters is 2. The van der Waals surface area contributed by atoms with Crippen LogP contribution in [-0.4, -0.2) is 11.9 Å². The van der Waals surface area contributed by atoms with E-state index in [0.717, 1.165) is 0 Å². The Morgan fingerprint density at radius 2 is 1.59 bits per heavy atom. The van der Waals surface area contributed by atoms with Crippen molar-refractivity contribution in [1.82, 2.24) is 0 Å². The predicted octanol–water partition coefficient (Wildman–Crippen LogP) is 3.56. The van der Waals surface area contributed by atoms with Crippen molar-refractivity contribution in [3.8, 4) is 0 Å². The van der Waals surface area contributed by atoms with Gasteiger partial charge in [0.15, 0.2) is 0 Å². The monoisotopic (exact) mass is 242 g/mol. The largest absolute Gasteiger partial charge is 0.393 e. The third-order valence-electron chi connectivity index (χ3n) is 3.79. The minimum absolute atomic E-state index is 0.183. The summed E-state index contributed by atoms with van der Waals surface area (Å²) in [5, 5.41) is 0. The van der Waals surface area contributed by atoms with Crippen LogP contribution in [0.2, 0.25) is 0 Å². The SMILES string of the molecule is CCC(C(=O)OC(=O)C(C)(CC)CC)C(C)C. The maximum Gasteiger partial charge on any atom is 0.319 e. The van der Waals surface area contributed by atoms with E-state index < -0.39 is 5.41 Å². The molecule has 0 aromatic carbocycles. The van der Waals surface area contributed by atoms with Crippen molar-refractivity contribution in [2.75, 3.05) is 0 Å². The average molecular weight is 242 g/mol. The molecule has 3 nitrogen and oxygen atoms in total. The van der Waals surface area contributed by atoms with Crippen LogP contribution in [0.3, 0.4) is 0 Å². The molecular formula is C14H26O3. The van der Waals surface area contributed by atoms with Crippen molar-refractivity contribution in [1.29, 1.82) is 0 Å². The van der Waals surface area contributed by atoms with Crippen LogP contribution >= 0.6 is 0 Å². The Morgan fingerprint density at radius 1 is 1.12 bits per heavy atom. The van der Waals surface area contributed by atoms with Gasteiger partial charge >= 0.3 is 11.9 Å². The number of hydrogen-bond donors (Lipinski definition) is 0. The lowest BCUT2D eigenvalue weighted by molar-refractivity contribution is -0.170. The first-order chi connectivity index (χ1) is 7.82. The molecule has 0 amide bonds. The maximum absolute atomic E-state index is 11.9. The summed E-state index contributed by atoms with van der Waals surface area (Å²) in [5.74, 6) is -0.737. The number of ether oxygens (including phenoxy) is 1. The molecule has 0 aromatic rings. The molecule has 0 radical (unpaired) electrons. The number of hydrogen-bond acceptors (Lipinski definition) is 3. The molecule has 0 bridgehead atoms. The van der Waals surface area contributed by atoms with Crippen molar-refractivity contribution in [3.05, 3.63) is 0 Å². The van der Waals surface area contributed by atoms with Gasteiger partial charge in [-0.2, -0.15) is 0 Å². The zero-order valence-corrected chi connectivity index (χ0v) is 12.0. The molecule has 0 saturated carbocycles. The van der Waals surface area contributed by atoms with Gasteiger partial charge in [0.05, 0.1) is 11.3 Å². The molecule has 0 fully saturated rings. The summed E-state index contributed by atoms with van der Waals surface area (Å²) in [7, 11) is 0. The highest BCUT2D eigenvalue weighted by atomic mass is 16.6. The molecule has 17 heavy (non-hydrogen) atoms. The van der Waals surface area contributed by atoms with E-state index in [1.807, 2.05) is 41.5 Å². The van der Waals surface area contributed by atoms with E-state index in [1.165, 1.54) is 0 Å². The van der Waals surface area contributed by atoms with E-state index in [9.17, 15) is 9.59 Å². The maximum atomic E-state index is 11.9. The van der Waals surface area contributed by atoms with Gasteiger partial charge in [-0.3, -0.25) is 9.59 Å². The van der Waals surface area contributed by atoms with Crippen LogP contribution in [0.4, 0.5) is 0 Å². The van der Waals surface area contributed by atoms with E-state index in [4.69, 9.17) is 4.74 Å². The molecule has 100 valence electrons. The molecule has 0 aromatic heterocycles. The van der Waals surface area contributed by atoms with E-state index in [0.29, 0.717) is 19.3 Å². The molecular weight excluding hydrogens is 216 g/mol. The lowest BCUT2D eigenvalue weighted by atomic mass is 9.85. The van der Waals surface area contributed by atoms with Gasteiger partial charge in [-0.25, -0.2) is 0 Å².